The van der Waals surface area contributed by atoms with E-state index in [4.69, 9.17) is 9.72 Å². The van der Waals surface area contributed by atoms with Gasteiger partial charge in [0.05, 0.1) is 23.4 Å². The molecule has 1 aliphatic heterocycles. The maximum atomic E-state index is 14.7. The van der Waals surface area contributed by atoms with Gasteiger partial charge in [-0.3, -0.25) is 9.59 Å². The van der Waals surface area contributed by atoms with Gasteiger partial charge in [-0.05, 0) is 68.7 Å². The molecule has 0 amide bonds. The molecule has 172 valence electrons. The lowest BCUT2D eigenvalue weighted by molar-refractivity contribution is -0.140. The molecular weight excluding hydrogens is 419 g/mol. The Morgan fingerprint density at radius 1 is 1.21 bits per heavy atom. The zero-order valence-electron chi connectivity index (χ0n) is 19.9. The van der Waals surface area contributed by atoms with E-state index < -0.39 is 5.60 Å². The number of halogens is 1. The molecule has 2 aromatic heterocycles. The van der Waals surface area contributed by atoms with Gasteiger partial charge in [0.15, 0.2) is 11.4 Å². The molecule has 0 bridgehead atoms. The van der Waals surface area contributed by atoms with Gasteiger partial charge < -0.3 is 9.30 Å². The number of methoxy groups -OCH3 is 1. The lowest BCUT2D eigenvalue weighted by atomic mass is 9.83. The fourth-order valence-electron chi connectivity index (χ4n) is 6.04. The Morgan fingerprint density at radius 3 is 2.58 bits per heavy atom. The van der Waals surface area contributed by atoms with E-state index in [-0.39, 0.29) is 17.2 Å². The van der Waals surface area contributed by atoms with Crippen molar-refractivity contribution >= 4 is 16.7 Å². The molecule has 0 saturated carbocycles. The van der Waals surface area contributed by atoms with Gasteiger partial charge in [-0.15, -0.1) is 0 Å². The molecule has 0 saturated heterocycles. The standard InChI is InChI=1S/C27H29FN2O3/c1-6-16-20(27(7-2,33-5)15(4)31)11-23-25-19(13-30(23)26(16)32)18-10-8-9-17-14(3)21(28)12-22(29-25)24(17)18/h11-12H,6-10,13H2,1-5H3. The number of carbonyl (C=O) groups is 1. The number of fused-ring (bicyclic) bond motifs is 4. The van der Waals surface area contributed by atoms with Crippen LogP contribution in [0.2, 0.25) is 0 Å². The summed E-state index contributed by atoms with van der Waals surface area (Å²) >= 11 is 0. The summed E-state index contributed by atoms with van der Waals surface area (Å²) in [6.07, 6.45) is 3.61. The lowest BCUT2D eigenvalue weighted by Gasteiger charge is -2.31. The van der Waals surface area contributed by atoms with Crippen molar-refractivity contribution in [3.63, 3.8) is 0 Å². The van der Waals surface area contributed by atoms with Gasteiger partial charge in [0.2, 0.25) is 0 Å². The van der Waals surface area contributed by atoms with Crippen LogP contribution in [0.5, 0.6) is 0 Å². The summed E-state index contributed by atoms with van der Waals surface area (Å²) in [5.74, 6) is -0.371. The van der Waals surface area contributed by atoms with Crippen molar-refractivity contribution in [2.75, 3.05) is 7.11 Å². The van der Waals surface area contributed by atoms with Crippen molar-refractivity contribution in [3.05, 3.63) is 61.7 Å². The Hall–Kier alpha value is -2.86. The van der Waals surface area contributed by atoms with Crippen LogP contribution in [0.4, 0.5) is 4.39 Å². The normalized spacial score (nSPS) is 15.9. The zero-order valence-corrected chi connectivity index (χ0v) is 19.9. The summed E-state index contributed by atoms with van der Waals surface area (Å²) in [5.41, 5.74) is 5.97. The molecule has 3 heterocycles. The molecule has 1 aliphatic carbocycles. The lowest BCUT2D eigenvalue weighted by Crippen LogP contribution is -2.39. The van der Waals surface area contributed by atoms with E-state index >= 15 is 0 Å². The van der Waals surface area contributed by atoms with E-state index in [1.54, 1.807) is 4.57 Å². The van der Waals surface area contributed by atoms with Crippen LogP contribution in [-0.4, -0.2) is 22.4 Å². The van der Waals surface area contributed by atoms with Crippen molar-refractivity contribution < 1.29 is 13.9 Å². The molecule has 33 heavy (non-hydrogen) atoms. The van der Waals surface area contributed by atoms with Crippen LogP contribution < -0.4 is 5.56 Å². The second-order valence-corrected chi connectivity index (χ2v) is 9.23. The molecule has 1 unspecified atom stereocenters. The van der Waals surface area contributed by atoms with Gasteiger partial charge in [-0.1, -0.05) is 13.8 Å². The molecule has 1 atom stereocenters. The summed E-state index contributed by atoms with van der Waals surface area (Å²) < 4.78 is 22.3. The maximum Gasteiger partial charge on any atom is 0.254 e. The third kappa shape index (κ3) is 2.83. The van der Waals surface area contributed by atoms with Crippen molar-refractivity contribution in [2.45, 2.75) is 71.9 Å². The summed E-state index contributed by atoms with van der Waals surface area (Å²) in [4.78, 5) is 31.3. The second-order valence-electron chi connectivity index (χ2n) is 9.23. The first-order valence-corrected chi connectivity index (χ1v) is 11.8. The van der Waals surface area contributed by atoms with Gasteiger partial charge in [0.1, 0.15) is 5.82 Å². The Bertz CT molecular complexity index is 1400. The van der Waals surface area contributed by atoms with Gasteiger partial charge >= 0.3 is 0 Å². The number of hydrogen-bond donors (Lipinski definition) is 0. The van der Waals surface area contributed by atoms with E-state index in [0.717, 1.165) is 41.5 Å². The van der Waals surface area contributed by atoms with E-state index in [9.17, 15) is 14.0 Å². The number of ether oxygens (including phenoxy) is 1. The topological polar surface area (TPSA) is 61.2 Å². The number of carbonyl (C=O) groups excluding carboxylic acids is 1. The molecule has 0 N–H and O–H groups in total. The predicted octanol–water partition coefficient (Wildman–Crippen LogP) is 4.76. The highest BCUT2D eigenvalue weighted by atomic mass is 19.1. The number of benzene rings is 1. The van der Waals surface area contributed by atoms with Gasteiger partial charge in [-0.25, -0.2) is 9.37 Å². The van der Waals surface area contributed by atoms with E-state index in [0.29, 0.717) is 47.3 Å². The highest BCUT2D eigenvalue weighted by Gasteiger charge is 2.40. The van der Waals surface area contributed by atoms with Crippen LogP contribution in [0, 0.1) is 12.7 Å². The quantitative estimate of drug-likeness (QED) is 0.442. The van der Waals surface area contributed by atoms with Crippen LogP contribution in [0.25, 0.3) is 22.3 Å². The third-order valence-corrected chi connectivity index (χ3v) is 7.83. The number of rotatable bonds is 5. The second kappa shape index (κ2) is 7.59. The molecule has 3 aromatic rings. The Balaban J connectivity index is 1.86. The SMILES string of the molecule is CCc1c(C(CC)(OC)C(C)=O)cc2n(c1=O)Cc1c-2nc2cc(F)c(C)c3c2c1CCC3. The fourth-order valence-corrected chi connectivity index (χ4v) is 6.04. The molecule has 2 aliphatic rings. The highest BCUT2D eigenvalue weighted by Crippen LogP contribution is 2.42. The van der Waals surface area contributed by atoms with Crippen molar-refractivity contribution in [1.29, 1.82) is 0 Å². The van der Waals surface area contributed by atoms with E-state index in [2.05, 4.69) is 0 Å². The summed E-state index contributed by atoms with van der Waals surface area (Å²) in [7, 11) is 1.52. The Kier molecular flexibility index (Phi) is 5.05. The van der Waals surface area contributed by atoms with Crippen LogP contribution >= 0.6 is 0 Å². The van der Waals surface area contributed by atoms with Crippen LogP contribution in [-0.2, 0) is 40.9 Å². The average Bonchev–Trinajstić information content (AvgIpc) is 3.18. The predicted molar refractivity (Wildman–Crippen MR) is 126 cm³/mol. The zero-order chi connectivity index (χ0) is 23.7. The Morgan fingerprint density at radius 2 is 1.94 bits per heavy atom. The molecule has 6 heteroatoms. The number of Topliss-reactive ketones (excluding diaryl/α,β-unsaturated/α-hetero) is 1. The average molecular weight is 449 g/mol. The van der Waals surface area contributed by atoms with Crippen LogP contribution in [0.1, 0.15) is 67.0 Å². The summed E-state index contributed by atoms with van der Waals surface area (Å²) in [5, 5.41) is 1.05. The highest BCUT2D eigenvalue weighted by molar-refractivity contribution is 5.93. The molecular formula is C27H29FN2O3. The minimum absolute atomic E-state index is 0.103. The number of aromatic nitrogens is 2. The first-order valence-electron chi connectivity index (χ1n) is 11.8. The molecule has 0 radical (unpaired) electrons. The summed E-state index contributed by atoms with van der Waals surface area (Å²) in [6.45, 7) is 7.62. The molecule has 5 rings (SSSR count). The first kappa shape index (κ1) is 22.0. The smallest absolute Gasteiger partial charge is 0.254 e. The number of pyridine rings is 2. The molecule has 0 spiro atoms. The van der Waals surface area contributed by atoms with Gasteiger partial charge in [0.25, 0.3) is 5.56 Å². The number of nitrogens with zero attached hydrogens (tertiary/aromatic N) is 2. The Labute approximate surface area is 192 Å². The largest absolute Gasteiger partial charge is 0.366 e. The van der Waals surface area contributed by atoms with Gasteiger partial charge in [0, 0.05) is 35.3 Å². The minimum Gasteiger partial charge on any atom is -0.366 e. The van der Waals surface area contributed by atoms with Crippen LogP contribution in [0.15, 0.2) is 16.9 Å². The molecule has 1 aromatic carbocycles. The maximum absolute atomic E-state index is 14.7. The summed E-state index contributed by atoms with van der Waals surface area (Å²) in [6, 6.07) is 3.44. The first-order chi connectivity index (χ1) is 15.8. The van der Waals surface area contributed by atoms with Crippen molar-refractivity contribution in [2.24, 2.45) is 0 Å². The monoisotopic (exact) mass is 448 g/mol. The fraction of sp³-hybridized carbons (Fsp3) is 0.444. The number of aryl methyl sites for hydroxylation is 2. The van der Waals surface area contributed by atoms with Gasteiger partial charge in [-0.2, -0.15) is 0 Å². The number of ketones is 1. The van der Waals surface area contributed by atoms with Crippen LogP contribution in [0.3, 0.4) is 0 Å². The minimum atomic E-state index is -1.18. The number of hydrogen-bond acceptors (Lipinski definition) is 4. The van der Waals surface area contributed by atoms with Crippen molar-refractivity contribution in [1.82, 2.24) is 9.55 Å². The molecule has 0 fully saturated rings. The van der Waals surface area contributed by atoms with E-state index in [1.165, 1.54) is 25.7 Å². The third-order valence-electron chi connectivity index (χ3n) is 7.83. The van der Waals surface area contributed by atoms with E-state index in [1.807, 2.05) is 26.8 Å². The molecule has 5 nitrogen and oxygen atoms in total. The van der Waals surface area contributed by atoms with Crippen molar-refractivity contribution in [3.8, 4) is 11.4 Å².